The third-order valence-electron chi connectivity index (χ3n) is 5.78. The molecule has 2 heterocycles. The lowest BCUT2D eigenvalue weighted by Crippen LogP contribution is -2.58. The zero-order chi connectivity index (χ0) is 21.5. The van der Waals surface area contributed by atoms with Crippen molar-refractivity contribution in [3.8, 4) is 5.75 Å². The number of rotatable bonds is 6. The molecule has 1 aromatic heterocycles. The van der Waals surface area contributed by atoms with Gasteiger partial charge in [-0.2, -0.15) is 0 Å². The first-order chi connectivity index (χ1) is 14.1. The van der Waals surface area contributed by atoms with E-state index in [2.05, 4.69) is 14.7 Å². The average molecular weight is 419 g/mol. The van der Waals surface area contributed by atoms with Crippen LogP contribution in [0.2, 0.25) is 0 Å². The van der Waals surface area contributed by atoms with Gasteiger partial charge in [-0.3, -0.25) is 4.79 Å². The van der Waals surface area contributed by atoms with Crippen molar-refractivity contribution in [1.82, 2.24) is 14.9 Å². The van der Waals surface area contributed by atoms with Crippen molar-refractivity contribution in [1.29, 1.82) is 0 Å². The predicted molar refractivity (Wildman–Crippen MR) is 104 cm³/mol. The SMILES string of the molecule is CC1(C)CCN1C(=O)c1cnc(CCc2cc(OC(F)(F)F)cc(C3CC3)c2)nc1. The molecule has 1 saturated carbocycles. The number of hydrogen-bond acceptors (Lipinski definition) is 4. The lowest BCUT2D eigenvalue weighted by Gasteiger charge is -2.48. The molecule has 2 aliphatic rings. The van der Waals surface area contributed by atoms with E-state index in [1.54, 1.807) is 4.90 Å². The molecule has 30 heavy (non-hydrogen) atoms. The summed E-state index contributed by atoms with van der Waals surface area (Å²) in [5.41, 5.74) is 1.94. The van der Waals surface area contributed by atoms with Gasteiger partial charge in [0, 0.05) is 30.9 Å². The molecule has 8 heteroatoms. The van der Waals surface area contributed by atoms with Crippen LogP contribution >= 0.6 is 0 Å². The van der Waals surface area contributed by atoms with E-state index in [0.29, 0.717) is 30.1 Å². The number of halogens is 3. The second-order valence-electron chi connectivity index (χ2n) is 8.64. The van der Waals surface area contributed by atoms with Crippen molar-refractivity contribution in [2.75, 3.05) is 6.54 Å². The Kier molecular flexibility index (Phi) is 5.20. The van der Waals surface area contributed by atoms with E-state index in [-0.39, 0.29) is 17.2 Å². The molecule has 4 rings (SSSR count). The monoisotopic (exact) mass is 419 g/mol. The molecule has 0 bridgehead atoms. The van der Waals surface area contributed by atoms with Crippen molar-refractivity contribution >= 4 is 5.91 Å². The number of alkyl halides is 3. The number of carbonyl (C=O) groups excluding carboxylic acids is 1. The fourth-order valence-corrected chi connectivity index (χ4v) is 3.73. The molecular formula is C22H24F3N3O2. The van der Waals surface area contributed by atoms with Gasteiger partial charge < -0.3 is 9.64 Å². The molecule has 0 atom stereocenters. The molecule has 1 saturated heterocycles. The highest BCUT2D eigenvalue weighted by Crippen LogP contribution is 2.42. The number of aromatic nitrogens is 2. The van der Waals surface area contributed by atoms with Crippen LogP contribution < -0.4 is 4.74 Å². The number of amides is 1. The van der Waals surface area contributed by atoms with Crippen LogP contribution in [-0.4, -0.2) is 39.2 Å². The Morgan fingerprint density at radius 2 is 1.87 bits per heavy atom. The Morgan fingerprint density at radius 1 is 1.17 bits per heavy atom. The van der Waals surface area contributed by atoms with Gasteiger partial charge in [0.05, 0.1) is 5.56 Å². The topological polar surface area (TPSA) is 55.3 Å². The van der Waals surface area contributed by atoms with Gasteiger partial charge in [0.1, 0.15) is 11.6 Å². The molecule has 0 spiro atoms. The molecule has 160 valence electrons. The zero-order valence-electron chi connectivity index (χ0n) is 17.0. The summed E-state index contributed by atoms with van der Waals surface area (Å²) in [6, 6.07) is 4.83. The summed E-state index contributed by atoms with van der Waals surface area (Å²) in [4.78, 5) is 22.9. The van der Waals surface area contributed by atoms with E-state index in [4.69, 9.17) is 0 Å². The van der Waals surface area contributed by atoms with Crippen molar-refractivity contribution in [3.63, 3.8) is 0 Å². The van der Waals surface area contributed by atoms with Crippen LogP contribution in [0.3, 0.4) is 0 Å². The van der Waals surface area contributed by atoms with Crippen molar-refractivity contribution in [2.45, 2.75) is 63.8 Å². The third kappa shape index (κ3) is 4.74. The molecule has 0 unspecified atom stereocenters. The lowest BCUT2D eigenvalue weighted by atomic mass is 9.88. The number of ether oxygens (including phenoxy) is 1. The molecule has 1 amide bonds. The number of benzene rings is 1. The average Bonchev–Trinajstić information content (AvgIpc) is 3.50. The first-order valence-corrected chi connectivity index (χ1v) is 10.1. The minimum absolute atomic E-state index is 0.0797. The third-order valence-corrected chi connectivity index (χ3v) is 5.78. The first kappa shape index (κ1) is 20.6. The normalized spacial score (nSPS) is 18.1. The molecule has 1 aliphatic carbocycles. The first-order valence-electron chi connectivity index (χ1n) is 10.1. The van der Waals surface area contributed by atoms with Crippen LogP contribution in [0.4, 0.5) is 13.2 Å². The summed E-state index contributed by atoms with van der Waals surface area (Å²) in [5.74, 6) is 0.599. The second kappa shape index (κ2) is 7.56. The van der Waals surface area contributed by atoms with Crippen molar-refractivity contribution in [2.24, 2.45) is 0 Å². The van der Waals surface area contributed by atoms with E-state index >= 15 is 0 Å². The Labute approximate surface area is 173 Å². The minimum Gasteiger partial charge on any atom is -0.406 e. The fourth-order valence-electron chi connectivity index (χ4n) is 3.73. The van der Waals surface area contributed by atoms with Gasteiger partial charge in [-0.25, -0.2) is 9.97 Å². The second-order valence-corrected chi connectivity index (χ2v) is 8.64. The van der Waals surface area contributed by atoms with E-state index in [9.17, 15) is 18.0 Å². The Bertz CT molecular complexity index is 938. The Hall–Kier alpha value is -2.64. The summed E-state index contributed by atoms with van der Waals surface area (Å²) in [6.07, 6.45) is 2.23. The highest BCUT2D eigenvalue weighted by Gasteiger charge is 2.39. The fraction of sp³-hybridized carbons (Fsp3) is 0.500. The maximum absolute atomic E-state index is 12.6. The Balaban J connectivity index is 1.42. The lowest BCUT2D eigenvalue weighted by molar-refractivity contribution is -0.274. The summed E-state index contributed by atoms with van der Waals surface area (Å²) >= 11 is 0. The minimum atomic E-state index is -4.71. The van der Waals surface area contributed by atoms with E-state index in [1.165, 1.54) is 24.5 Å². The summed E-state index contributed by atoms with van der Waals surface area (Å²) in [7, 11) is 0. The van der Waals surface area contributed by atoms with Crippen LogP contribution in [0.1, 0.15) is 66.3 Å². The van der Waals surface area contributed by atoms with Crippen LogP contribution in [0, 0.1) is 0 Å². The summed E-state index contributed by atoms with van der Waals surface area (Å²) < 4.78 is 42.0. The number of nitrogens with zero attached hydrogens (tertiary/aromatic N) is 3. The standard InChI is InChI=1S/C22H24F3N3O2/c1-21(2)7-8-28(21)20(29)17-12-26-19(27-13-17)6-3-14-9-16(15-4-5-15)11-18(10-14)30-22(23,24)25/h9-13,15H,3-8H2,1-2H3. The molecule has 5 nitrogen and oxygen atoms in total. The van der Waals surface area contributed by atoms with E-state index < -0.39 is 6.36 Å². The van der Waals surface area contributed by atoms with Gasteiger partial charge in [0.25, 0.3) is 5.91 Å². The van der Waals surface area contributed by atoms with Gasteiger partial charge in [0.2, 0.25) is 0 Å². The van der Waals surface area contributed by atoms with Gasteiger partial charge in [-0.15, -0.1) is 13.2 Å². The highest BCUT2D eigenvalue weighted by atomic mass is 19.4. The Morgan fingerprint density at radius 3 is 2.40 bits per heavy atom. The van der Waals surface area contributed by atoms with E-state index in [0.717, 1.165) is 36.9 Å². The predicted octanol–water partition coefficient (Wildman–Crippen LogP) is 4.66. The van der Waals surface area contributed by atoms with Crippen molar-refractivity contribution < 1.29 is 22.7 Å². The smallest absolute Gasteiger partial charge is 0.406 e. The van der Waals surface area contributed by atoms with Crippen LogP contribution in [0.15, 0.2) is 30.6 Å². The molecule has 2 fully saturated rings. The van der Waals surface area contributed by atoms with Gasteiger partial charge in [0.15, 0.2) is 0 Å². The maximum atomic E-state index is 12.6. The quantitative estimate of drug-likeness (QED) is 0.683. The summed E-state index contributed by atoms with van der Waals surface area (Å²) in [6.45, 7) is 4.78. The zero-order valence-corrected chi connectivity index (χ0v) is 17.0. The van der Waals surface area contributed by atoms with Crippen molar-refractivity contribution in [3.05, 3.63) is 53.1 Å². The van der Waals surface area contributed by atoms with Gasteiger partial charge in [-0.05, 0) is 68.7 Å². The summed E-state index contributed by atoms with van der Waals surface area (Å²) in [5, 5.41) is 0. The van der Waals surface area contributed by atoms with Crippen LogP contribution in [-0.2, 0) is 12.8 Å². The number of hydrogen-bond donors (Lipinski definition) is 0. The highest BCUT2D eigenvalue weighted by molar-refractivity contribution is 5.94. The number of aryl methyl sites for hydroxylation is 2. The van der Waals surface area contributed by atoms with Crippen LogP contribution in [0.25, 0.3) is 0 Å². The molecule has 0 radical (unpaired) electrons. The van der Waals surface area contributed by atoms with Crippen LogP contribution in [0.5, 0.6) is 5.75 Å². The molecular weight excluding hydrogens is 395 g/mol. The maximum Gasteiger partial charge on any atom is 0.573 e. The molecule has 2 aromatic rings. The van der Waals surface area contributed by atoms with E-state index in [1.807, 2.05) is 19.9 Å². The largest absolute Gasteiger partial charge is 0.573 e. The molecule has 1 aromatic carbocycles. The number of carbonyl (C=O) groups is 1. The van der Waals surface area contributed by atoms with Gasteiger partial charge in [-0.1, -0.05) is 6.07 Å². The van der Waals surface area contributed by atoms with Gasteiger partial charge >= 0.3 is 6.36 Å². The molecule has 1 aliphatic heterocycles. The molecule has 0 N–H and O–H groups in total. The number of likely N-dealkylation sites (tertiary alicyclic amines) is 1.